The average Bonchev–Trinajstić information content (AvgIpc) is 2.88. The van der Waals surface area contributed by atoms with Crippen LogP contribution >= 0.6 is 23.2 Å². The minimum Gasteiger partial charge on any atom is -0.264 e. The number of hydrogen-bond donors (Lipinski definition) is 1. The minimum absolute atomic E-state index is 0.00947. The first kappa shape index (κ1) is 20.6. The van der Waals surface area contributed by atoms with Crippen molar-refractivity contribution in [2.75, 3.05) is 4.72 Å². The summed E-state index contributed by atoms with van der Waals surface area (Å²) in [4.78, 5) is 0.181. The molecule has 3 aromatic rings. The highest BCUT2D eigenvalue weighted by Gasteiger charge is 2.23. The number of anilines is 1. The summed E-state index contributed by atoms with van der Waals surface area (Å²) in [6, 6.07) is 7.95. The highest BCUT2D eigenvalue weighted by Crippen LogP contribution is 2.28. The Kier molecular flexibility index (Phi) is 5.70. The van der Waals surface area contributed by atoms with E-state index in [1.807, 2.05) is 6.92 Å². The molecule has 28 heavy (non-hydrogen) atoms. The molecule has 0 amide bonds. The summed E-state index contributed by atoms with van der Waals surface area (Å²) in [5.41, 5.74) is 2.46. The van der Waals surface area contributed by atoms with Crippen LogP contribution in [0, 0.1) is 26.6 Å². The summed E-state index contributed by atoms with van der Waals surface area (Å²) in [6.45, 7) is 5.37. The molecule has 0 fully saturated rings. The van der Waals surface area contributed by atoms with Crippen molar-refractivity contribution in [2.24, 2.45) is 0 Å². The van der Waals surface area contributed by atoms with Gasteiger partial charge in [-0.15, -0.1) is 0 Å². The monoisotopic (exact) mass is 441 g/mol. The number of aryl methyl sites for hydroxylation is 3. The van der Waals surface area contributed by atoms with Gasteiger partial charge in [-0.1, -0.05) is 47.0 Å². The molecule has 1 N–H and O–H groups in total. The average molecular weight is 442 g/mol. The Bertz CT molecular complexity index is 1120. The van der Waals surface area contributed by atoms with Crippen molar-refractivity contribution >= 4 is 39.0 Å². The van der Waals surface area contributed by atoms with Gasteiger partial charge in [-0.3, -0.25) is 9.40 Å². The fraction of sp³-hybridized carbons (Fsp3) is 0.211. The lowest BCUT2D eigenvalue weighted by atomic mass is 10.1. The second-order valence-corrected chi connectivity index (χ2v) is 8.99. The van der Waals surface area contributed by atoms with Crippen molar-refractivity contribution in [3.8, 4) is 0 Å². The molecule has 2 aromatic carbocycles. The van der Waals surface area contributed by atoms with Crippen LogP contribution in [-0.4, -0.2) is 18.2 Å². The number of aromatic nitrogens is 2. The molecule has 5 nitrogen and oxygen atoms in total. The van der Waals surface area contributed by atoms with Gasteiger partial charge < -0.3 is 0 Å². The van der Waals surface area contributed by atoms with E-state index in [0.717, 1.165) is 5.56 Å². The first-order valence-electron chi connectivity index (χ1n) is 8.35. The van der Waals surface area contributed by atoms with Crippen LogP contribution in [0.5, 0.6) is 0 Å². The number of halogens is 3. The van der Waals surface area contributed by atoms with Gasteiger partial charge in [-0.25, -0.2) is 12.8 Å². The molecular formula is C19H18Cl2FN3O2S. The summed E-state index contributed by atoms with van der Waals surface area (Å²) < 4.78 is 43.5. The van der Waals surface area contributed by atoms with Crippen molar-refractivity contribution in [3.05, 3.63) is 74.6 Å². The third kappa shape index (κ3) is 4.16. The molecule has 0 radical (unpaired) electrons. The molecule has 0 saturated carbocycles. The van der Waals surface area contributed by atoms with Gasteiger partial charge in [-0.2, -0.15) is 5.10 Å². The maximum atomic E-state index is 14.0. The zero-order valence-corrected chi connectivity index (χ0v) is 17.8. The normalized spacial score (nSPS) is 11.6. The first-order valence-corrected chi connectivity index (χ1v) is 10.6. The van der Waals surface area contributed by atoms with Crippen LogP contribution in [0.15, 0.2) is 41.4 Å². The van der Waals surface area contributed by atoms with Gasteiger partial charge in [0.15, 0.2) is 5.82 Å². The lowest BCUT2D eigenvalue weighted by Crippen LogP contribution is -2.17. The Morgan fingerprint density at radius 3 is 2.36 bits per heavy atom. The van der Waals surface area contributed by atoms with E-state index in [2.05, 4.69) is 9.82 Å². The molecule has 1 heterocycles. The molecule has 0 aliphatic carbocycles. The summed E-state index contributed by atoms with van der Waals surface area (Å²) in [5.74, 6) is -0.513. The number of nitrogens with zero attached hydrogens (tertiary/aromatic N) is 2. The van der Waals surface area contributed by atoms with Crippen LogP contribution in [-0.2, 0) is 16.6 Å². The second kappa shape index (κ2) is 7.73. The Hall–Kier alpha value is -2.09. The molecule has 0 saturated heterocycles. The van der Waals surface area contributed by atoms with E-state index < -0.39 is 15.8 Å². The van der Waals surface area contributed by atoms with Gasteiger partial charge in [-0.05, 0) is 44.0 Å². The number of rotatable bonds is 5. The topological polar surface area (TPSA) is 64.0 Å². The predicted octanol–water partition coefficient (Wildman–Crippen LogP) is 5.10. The highest BCUT2D eigenvalue weighted by atomic mass is 35.5. The molecule has 9 heteroatoms. The molecule has 1 aromatic heterocycles. The third-order valence-corrected chi connectivity index (χ3v) is 6.48. The maximum absolute atomic E-state index is 14.0. The van der Waals surface area contributed by atoms with Crippen molar-refractivity contribution in [1.82, 2.24) is 9.78 Å². The lowest BCUT2D eigenvalue weighted by Gasteiger charge is -2.13. The summed E-state index contributed by atoms with van der Waals surface area (Å²) >= 11 is 12.2. The second-order valence-electron chi connectivity index (χ2n) is 6.56. The first-order chi connectivity index (χ1) is 13.1. The molecular weight excluding hydrogens is 424 g/mol. The number of nitrogens with one attached hydrogen (secondary N) is 1. The van der Waals surface area contributed by atoms with E-state index in [0.29, 0.717) is 11.1 Å². The molecule has 0 spiro atoms. The van der Waals surface area contributed by atoms with Crippen LogP contribution < -0.4 is 4.72 Å². The van der Waals surface area contributed by atoms with E-state index in [-0.39, 0.29) is 32.9 Å². The molecule has 0 atom stereocenters. The van der Waals surface area contributed by atoms with E-state index in [4.69, 9.17) is 23.2 Å². The van der Waals surface area contributed by atoms with Crippen LogP contribution in [0.25, 0.3) is 0 Å². The highest BCUT2D eigenvalue weighted by molar-refractivity contribution is 7.92. The lowest BCUT2D eigenvalue weighted by molar-refractivity contribution is 0.585. The molecule has 0 aliphatic rings. The largest absolute Gasteiger partial charge is 0.264 e. The van der Waals surface area contributed by atoms with E-state index in [9.17, 15) is 12.8 Å². The smallest absolute Gasteiger partial charge is 0.263 e. The van der Waals surface area contributed by atoms with Gasteiger partial charge in [0.2, 0.25) is 0 Å². The summed E-state index contributed by atoms with van der Waals surface area (Å²) in [7, 11) is -3.90. The fourth-order valence-corrected chi connectivity index (χ4v) is 5.11. The summed E-state index contributed by atoms with van der Waals surface area (Å²) in [5, 5.41) is 4.49. The number of hydrogen-bond acceptors (Lipinski definition) is 3. The molecule has 0 aliphatic heterocycles. The quantitative estimate of drug-likeness (QED) is 0.598. The zero-order valence-electron chi connectivity index (χ0n) is 15.4. The van der Waals surface area contributed by atoms with Crippen molar-refractivity contribution < 1.29 is 12.8 Å². The van der Waals surface area contributed by atoms with Gasteiger partial charge in [0.25, 0.3) is 10.0 Å². The molecule has 148 valence electrons. The zero-order chi connectivity index (χ0) is 20.6. The Labute approximate surface area is 173 Å². The molecule has 0 unspecified atom stereocenters. The Morgan fingerprint density at radius 1 is 1.11 bits per heavy atom. The van der Waals surface area contributed by atoms with E-state index in [1.165, 1.54) is 23.0 Å². The van der Waals surface area contributed by atoms with Crippen molar-refractivity contribution in [2.45, 2.75) is 32.2 Å². The van der Waals surface area contributed by atoms with E-state index >= 15 is 0 Å². The van der Waals surface area contributed by atoms with Crippen LogP contribution in [0.3, 0.4) is 0 Å². The maximum Gasteiger partial charge on any atom is 0.263 e. The van der Waals surface area contributed by atoms with E-state index in [1.54, 1.807) is 32.0 Å². The van der Waals surface area contributed by atoms with Gasteiger partial charge in [0, 0.05) is 16.8 Å². The molecule has 3 rings (SSSR count). The Balaban J connectivity index is 1.92. The van der Waals surface area contributed by atoms with Crippen LogP contribution in [0.2, 0.25) is 10.0 Å². The van der Waals surface area contributed by atoms with Crippen LogP contribution in [0.4, 0.5) is 10.2 Å². The van der Waals surface area contributed by atoms with Gasteiger partial charge in [0.05, 0.1) is 11.4 Å². The fourth-order valence-electron chi connectivity index (χ4n) is 3.16. The van der Waals surface area contributed by atoms with Gasteiger partial charge >= 0.3 is 0 Å². The minimum atomic E-state index is -3.90. The number of sulfonamides is 1. The molecule has 0 bridgehead atoms. The predicted molar refractivity (Wildman–Crippen MR) is 109 cm³/mol. The van der Waals surface area contributed by atoms with Gasteiger partial charge in [0.1, 0.15) is 10.8 Å². The van der Waals surface area contributed by atoms with Crippen LogP contribution in [0.1, 0.15) is 22.3 Å². The van der Waals surface area contributed by atoms with Crippen molar-refractivity contribution in [1.29, 1.82) is 0 Å². The summed E-state index contributed by atoms with van der Waals surface area (Å²) in [6.07, 6.45) is 1.41. The Morgan fingerprint density at radius 2 is 1.75 bits per heavy atom. The standard InChI is InChI=1S/C19H18Cl2FN3O2S/c1-11-7-12(2)18(13(3)8-11)28(26,27)24-19-16(21)10-25(23-19)9-14-15(20)5-4-6-17(14)22/h4-8,10H,9H2,1-3H3,(H,23,24). The SMILES string of the molecule is Cc1cc(C)c(S(=O)(=O)Nc2nn(Cc3c(F)cccc3Cl)cc2Cl)c(C)c1. The van der Waals surface area contributed by atoms with Crippen molar-refractivity contribution in [3.63, 3.8) is 0 Å². The third-order valence-electron chi connectivity index (χ3n) is 4.20. The number of benzene rings is 2.